The van der Waals surface area contributed by atoms with Crippen LogP contribution in [0, 0.1) is 0 Å². The van der Waals surface area contributed by atoms with Crippen LogP contribution in [0.1, 0.15) is 4.88 Å². The number of aliphatic hydroxyl groups excluding tert-OH is 1. The van der Waals surface area contributed by atoms with E-state index in [0.717, 1.165) is 13.1 Å². The second-order valence-electron chi connectivity index (χ2n) is 3.15. The predicted octanol–water partition coefficient (Wildman–Crippen LogP) is 1.19. The van der Waals surface area contributed by atoms with E-state index in [9.17, 15) is 0 Å². The number of ether oxygens (including phenoxy) is 1. The standard InChI is InChI=1S/C10H17NO2S/c1-11(4-6-13-7-5-12)9-10-3-2-8-14-10/h2-3,8,12H,4-7,9H2,1H3. The van der Waals surface area contributed by atoms with E-state index in [0.29, 0.717) is 13.2 Å². The van der Waals surface area contributed by atoms with Crippen molar-refractivity contribution in [3.63, 3.8) is 0 Å². The van der Waals surface area contributed by atoms with Gasteiger partial charge in [0.05, 0.1) is 19.8 Å². The Hall–Kier alpha value is -0.420. The van der Waals surface area contributed by atoms with E-state index in [1.165, 1.54) is 4.88 Å². The Morgan fingerprint density at radius 2 is 2.36 bits per heavy atom. The summed E-state index contributed by atoms with van der Waals surface area (Å²) < 4.78 is 5.18. The maximum absolute atomic E-state index is 8.50. The van der Waals surface area contributed by atoms with Crippen LogP contribution >= 0.6 is 11.3 Å². The minimum Gasteiger partial charge on any atom is -0.394 e. The van der Waals surface area contributed by atoms with E-state index >= 15 is 0 Å². The fraction of sp³-hybridized carbons (Fsp3) is 0.600. The molecule has 1 aromatic heterocycles. The normalized spacial score (nSPS) is 11.1. The lowest BCUT2D eigenvalue weighted by Gasteiger charge is -2.15. The van der Waals surface area contributed by atoms with Crippen molar-refractivity contribution < 1.29 is 9.84 Å². The molecule has 0 bridgehead atoms. The van der Waals surface area contributed by atoms with Crippen LogP contribution in [0.2, 0.25) is 0 Å². The molecule has 14 heavy (non-hydrogen) atoms. The summed E-state index contributed by atoms with van der Waals surface area (Å²) in [4.78, 5) is 3.58. The summed E-state index contributed by atoms with van der Waals surface area (Å²) in [5.74, 6) is 0. The third-order valence-corrected chi connectivity index (χ3v) is 2.72. The number of aliphatic hydroxyl groups is 1. The first-order valence-corrected chi connectivity index (χ1v) is 5.60. The Balaban J connectivity index is 2.07. The third-order valence-electron chi connectivity index (χ3n) is 1.86. The first kappa shape index (κ1) is 11.7. The van der Waals surface area contributed by atoms with Crippen LogP contribution in [0.5, 0.6) is 0 Å². The molecule has 0 atom stereocenters. The van der Waals surface area contributed by atoms with Crippen molar-refractivity contribution in [2.24, 2.45) is 0 Å². The van der Waals surface area contributed by atoms with Gasteiger partial charge in [0.1, 0.15) is 0 Å². The molecule has 1 heterocycles. The van der Waals surface area contributed by atoms with Crippen LogP contribution in [-0.2, 0) is 11.3 Å². The summed E-state index contributed by atoms with van der Waals surface area (Å²) in [5, 5.41) is 10.6. The molecule has 1 aromatic rings. The number of likely N-dealkylation sites (N-methyl/N-ethyl adjacent to an activating group) is 1. The lowest BCUT2D eigenvalue weighted by molar-refractivity contribution is 0.0774. The van der Waals surface area contributed by atoms with Gasteiger partial charge < -0.3 is 9.84 Å². The molecule has 0 unspecified atom stereocenters. The van der Waals surface area contributed by atoms with Crippen molar-refractivity contribution in [3.8, 4) is 0 Å². The highest BCUT2D eigenvalue weighted by Gasteiger charge is 2.00. The quantitative estimate of drug-likeness (QED) is 0.693. The molecule has 1 rings (SSSR count). The molecule has 0 amide bonds. The Bertz CT molecular complexity index is 226. The molecule has 0 radical (unpaired) electrons. The monoisotopic (exact) mass is 215 g/mol. The highest BCUT2D eigenvalue weighted by atomic mass is 32.1. The number of rotatable bonds is 7. The molecule has 0 aliphatic heterocycles. The molecule has 0 saturated carbocycles. The Kier molecular flexibility index (Phi) is 5.78. The molecule has 0 aromatic carbocycles. The van der Waals surface area contributed by atoms with Crippen molar-refractivity contribution in [3.05, 3.63) is 22.4 Å². The summed E-state index contributed by atoms with van der Waals surface area (Å²) >= 11 is 1.77. The van der Waals surface area contributed by atoms with Gasteiger partial charge in [-0.3, -0.25) is 4.90 Å². The van der Waals surface area contributed by atoms with Crippen molar-refractivity contribution in [2.75, 3.05) is 33.4 Å². The highest BCUT2D eigenvalue weighted by Crippen LogP contribution is 2.10. The summed E-state index contributed by atoms with van der Waals surface area (Å²) in [6, 6.07) is 4.20. The molecule has 1 N–H and O–H groups in total. The molecule has 4 heteroatoms. The van der Waals surface area contributed by atoms with Crippen molar-refractivity contribution in [1.29, 1.82) is 0 Å². The van der Waals surface area contributed by atoms with Crippen LogP contribution in [0.3, 0.4) is 0 Å². The van der Waals surface area contributed by atoms with Gasteiger partial charge >= 0.3 is 0 Å². The number of hydrogen-bond donors (Lipinski definition) is 1. The zero-order valence-electron chi connectivity index (χ0n) is 8.48. The SMILES string of the molecule is CN(CCOCCO)Cc1cccs1. The molecule has 3 nitrogen and oxygen atoms in total. The van der Waals surface area contributed by atoms with Crippen molar-refractivity contribution >= 4 is 11.3 Å². The van der Waals surface area contributed by atoms with Gasteiger partial charge in [0.25, 0.3) is 0 Å². The molecule has 80 valence electrons. The van der Waals surface area contributed by atoms with Gasteiger partial charge in [0.2, 0.25) is 0 Å². The van der Waals surface area contributed by atoms with E-state index in [-0.39, 0.29) is 6.61 Å². The topological polar surface area (TPSA) is 32.7 Å². The number of thiophene rings is 1. The summed E-state index contributed by atoms with van der Waals surface area (Å²) in [6.45, 7) is 3.10. The lowest BCUT2D eigenvalue weighted by atomic mass is 10.4. The maximum atomic E-state index is 8.50. The highest BCUT2D eigenvalue weighted by molar-refractivity contribution is 7.09. The van der Waals surface area contributed by atoms with Crippen LogP contribution in [0.15, 0.2) is 17.5 Å². The van der Waals surface area contributed by atoms with Crippen LogP contribution in [-0.4, -0.2) is 43.4 Å². The van der Waals surface area contributed by atoms with Gasteiger partial charge in [-0.05, 0) is 18.5 Å². The largest absolute Gasteiger partial charge is 0.394 e. The second-order valence-corrected chi connectivity index (χ2v) is 4.19. The molecule has 0 aliphatic rings. The Morgan fingerprint density at radius 3 is 3.00 bits per heavy atom. The number of hydrogen-bond acceptors (Lipinski definition) is 4. The predicted molar refractivity (Wildman–Crippen MR) is 58.6 cm³/mol. The van der Waals surface area contributed by atoms with Gasteiger partial charge in [-0.25, -0.2) is 0 Å². The Morgan fingerprint density at radius 1 is 1.50 bits per heavy atom. The summed E-state index contributed by atoms with van der Waals surface area (Å²) in [5.41, 5.74) is 0. The minimum atomic E-state index is 0.106. The lowest BCUT2D eigenvalue weighted by Crippen LogP contribution is -2.22. The van der Waals surface area contributed by atoms with E-state index in [1.807, 2.05) is 0 Å². The average Bonchev–Trinajstić information content (AvgIpc) is 2.65. The number of nitrogens with zero attached hydrogens (tertiary/aromatic N) is 1. The van der Waals surface area contributed by atoms with E-state index in [4.69, 9.17) is 9.84 Å². The van der Waals surface area contributed by atoms with Crippen molar-refractivity contribution in [2.45, 2.75) is 6.54 Å². The minimum absolute atomic E-state index is 0.106. The van der Waals surface area contributed by atoms with Gasteiger partial charge in [0.15, 0.2) is 0 Å². The first-order chi connectivity index (χ1) is 6.83. The maximum Gasteiger partial charge on any atom is 0.0698 e. The molecule has 0 spiro atoms. The summed E-state index contributed by atoms with van der Waals surface area (Å²) in [7, 11) is 2.07. The fourth-order valence-corrected chi connectivity index (χ4v) is 1.92. The fourth-order valence-electron chi connectivity index (χ4n) is 1.13. The second kappa shape index (κ2) is 6.95. The molecular formula is C10H17NO2S. The first-order valence-electron chi connectivity index (χ1n) is 4.72. The molecule has 0 fully saturated rings. The van der Waals surface area contributed by atoms with Gasteiger partial charge in [-0.2, -0.15) is 0 Å². The third kappa shape index (κ3) is 4.72. The smallest absolute Gasteiger partial charge is 0.0698 e. The zero-order valence-corrected chi connectivity index (χ0v) is 9.30. The average molecular weight is 215 g/mol. The Labute approximate surface area is 88.9 Å². The molecule has 0 saturated heterocycles. The van der Waals surface area contributed by atoms with Crippen molar-refractivity contribution in [1.82, 2.24) is 4.90 Å². The van der Waals surface area contributed by atoms with Gasteiger partial charge in [0, 0.05) is 18.0 Å². The molecular weight excluding hydrogens is 198 g/mol. The van der Waals surface area contributed by atoms with Crippen LogP contribution in [0.25, 0.3) is 0 Å². The van der Waals surface area contributed by atoms with Gasteiger partial charge in [-0.1, -0.05) is 6.07 Å². The van der Waals surface area contributed by atoms with Crippen LogP contribution in [0.4, 0.5) is 0 Å². The zero-order chi connectivity index (χ0) is 10.2. The van der Waals surface area contributed by atoms with Gasteiger partial charge in [-0.15, -0.1) is 11.3 Å². The molecule has 0 aliphatic carbocycles. The summed E-state index contributed by atoms with van der Waals surface area (Å²) in [6.07, 6.45) is 0. The van der Waals surface area contributed by atoms with Crippen LogP contribution < -0.4 is 0 Å². The van der Waals surface area contributed by atoms with E-state index in [1.54, 1.807) is 11.3 Å². The van der Waals surface area contributed by atoms with E-state index < -0.39 is 0 Å². The van der Waals surface area contributed by atoms with E-state index in [2.05, 4.69) is 29.5 Å².